The van der Waals surface area contributed by atoms with Crippen molar-refractivity contribution in [2.45, 2.75) is 0 Å². The molecule has 0 radical (unpaired) electrons. The summed E-state index contributed by atoms with van der Waals surface area (Å²) >= 11 is 0. The van der Waals surface area contributed by atoms with Gasteiger partial charge in [-0.15, -0.1) is 0 Å². The Morgan fingerprint density at radius 3 is 1.46 bits per heavy atom. The first kappa shape index (κ1) is 34.9. The first-order valence-electron chi connectivity index (χ1n) is 20.7. The first-order chi connectivity index (χ1) is 30.2. The molecule has 286 valence electrons. The van der Waals surface area contributed by atoms with E-state index < -0.39 is 0 Å². The lowest BCUT2D eigenvalue weighted by atomic mass is 9.96. The molecule has 0 fully saturated rings. The summed E-state index contributed by atoms with van der Waals surface area (Å²) in [6.45, 7) is 0. The Hall–Kier alpha value is -8.14. The molecule has 0 spiro atoms. The maximum Gasteiger partial charge on any atom is 0.136 e. The van der Waals surface area contributed by atoms with Crippen molar-refractivity contribution in [1.82, 2.24) is 0 Å². The second-order valence-electron chi connectivity index (χ2n) is 15.7. The average molecular weight is 780 g/mol. The second-order valence-corrected chi connectivity index (χ2v) is 15.7. The zero-order valence-corrected chi connectivity index (χ0v) is 33.1. The molecule has 0 saturated carbocycles. The van der Waals surface area contributed by atoms with Gasteiger partial charge in [0.25, 0.3) is 0 Å². The Morgan fingerprint density at radius 2 is 0.721 bits per heavy atom. The zero-order valence-electron chi connectivity index (χ0n) is 33.1. The van der Waals surface area contributed by atoms with Crippen molar-refractivity contribution in [3.63, 3.8) is 0 Å². The fraction of sp³-hybridized carbons (Fsp3) is 0. The summed E-state index contributed by atoms with van der Waals surface area (Å²) in [6.07, 6.45) is 0. The highest BCUT2D eigenvalue weighted by Crippen LogP contribution is 2.41. The summed E-state index contributed by atoms with van der Waals surface area (Å²) in [6, 6.07) is 80.1. The van der Waals surface area contributed by atoms with Crippen molar-refractivity contribution in [2.24, 2.45) is 0 Å². The van der Waals surface area contributed by atoms with Crippen LogP contribution < -0.4 is 4.90 Å². The van der Waals surface area contributed by atoms with Crippen LogP contribution in [0.15, 0.2) is 233 Å². The molecule has 0 amide bonds. The van der Waals surface area contributed by atoms with Gasteiger partial charge in [0.05, 0.1) is 0 Å². The third-order valence-electron chi connectivity index (χ3n) is 12.1. The van der Waals surface area contributed by atoms with Crippen LogP contribution in [0.3, 0.4) is 0 Å². The van der Waals surface area contributed by atoms with Crippen LogP contribution in [0.5, 0.6) is 0 Å². The van der Waals surface area contributed by atoms with Crippen LogP contribution in [-0.4, -0.2) is 0 Å². The van der Waals surface area contributed by atoms with Crippen LogP contribution in [0.2, 0.25) is 0 Å². The lowest BCUT2D eigenvalue weighted by Gasteiger charge is -2.26. The van der Waals surface area contributed by atoms with Crippen LogP contribution in [0.25, 0.3) is 99.2 Å². The predicted molar refractivity (Wildman–Crippen MR) is 255 cm³/mol. The van der Waals surface area contributed by atoms with Gasteiger partial charge in [0.15, 0.2) is 0 Å². The number of rotatable bonds is 7. The SMILES string of the molecule is c1cc(-c2ccc3oc4ccccc4c3c2)cc(N(c2ccc(-c3ccc(-c4cccc5ccccc45)cc3)cc2)c2ccc(-c3ccc4c(c3)oc3ccccc34)cc2)c1. The minimum Gasteiger partial charge on any atom is -0.456 e. The largest absolute Gasteiger partial charge is 0.456 e. The smallest absolute Gasteiger partial charge is 0.136 e. The fourth-order valence-electron chi connectivity index (χ4n) is 9.01. The molecule has 61 heavy (non-hydrogen) atoms. The summed E-state index contributed by atoms with van der Waals surface area (Å²) in [4.78, 5) is 2.34. The van der Waals surface area contributed by atoms with Gasteiger partial charge in [0.1, 0.15) is 22.3 Å². The summed E-state index contributed by atoms with van der Waals surface area (Å²) in [5, 5.41) is 7.03. The standard InChI is InChI=1S/C58H37NO2/c1-2-13-49-41(9-1)10-8-16-50(49)42-21-19-38(20-22-42)39-23-29-46(30-24-39)59(47-31-25-40(26-32-47)45-27-33-53-51-14-3-5-17-55(51)61-58(53)37-45)48-12-7-11-43(35-48)44-28-34-57-54(36-44)52-15-4-6-18-56(52)60-57/h1-37H. The van der Waals surface area contributed by atoms with Crippen molar-refractivity contribution >= 4 is 71.7 Å². The molecule has 0 N–H and O–H groups in total. The quantitative estimate of drug-likeness (QED) is 0.161. The minimum atomic E-state index is 0.894. The van der Waals surface area contributed by atoms with Crippen LogP contribution >= 0.6 is 0 Å². The summed E-state index contributed by atoms with van der Waals surface area (Å²) in [7, 11) is 0. The summed E-state index contributed by atoms with van der Waals surface area (Å²) in [5.41, 5.74) is 16.1. The third-order valence-corrected chi connectivity index (χ3v) is 12.1. The minimum absolute atomic E-state index is 0.894. The Morgan fingerprint density at radius 1 is 0.246 bits per heavy atom. The topological polar surface area (TPSA) is 29.5 Å². The molecular weight excluding hydrogens is 743 g/mol. The Bertz CT molecular complexity index is 3570. The summed E-state index contributed by atoms with van der Waals surface area (Å²) in [5.74, 6) is 0. The number of furan rings is 2. The molecule has 12 rings (SSSR count). The van der Waals surface area contributed by atoms with E-state index in [1.165, 1.54) is 33.0 Å². The van der Waals surface area contributed by atoms with E-state index in [0.717, 1.165) is 83.2 Å². The van der Waals surface area contributed by atoms with Crippen molar-refractivity contribution in [3.05, 3.63) is 224 Å². The zero-order chi connectivity index (χ0) is 40.3. The number of fused-ring (bicyclic) bond motifs is 7. The van der Waals surface area contributed by atoms with E-state index in [2.05, 4.69) is 205 Å². The molecule has 10 aromatic carbocycles. The van der Waals surface area contributed by atoms with Gasteiger partial charge in [-0.2, -0.15) is 0 Å². The molecule has 0 bridgehead atoms. The normalized spacial score (nSPS) is 11.6. The lowest BCUT2D eigenvalue weighted by Crippen LogP contribution is -2.10. The molecule has 3 heteroatoms. The van der Waals surface area contributed by atoms with E-state index in [1.807, 2.05) is 24.3 Å². The molecule has 0 unspecified atom stereocenters. The molecule has 0 aliphatic carbocycles. The van der Waals surface area contributed by atoms with Gasteiger partial charge in [-0.1, -0.05) is 152 Å². The van der Waals surface area contributed by atoms with E-state index >= 15 is 0 Å². The van der Waals surface area contributed by atoms with Crippen LogP contribution in [0.4, 0.5) is 17.1 Å². The molecule has 2 aromatic heterocycles. The molecule has 0 saturated heterocycles. The molecule has 3 nitrogen and oxygen atoms in total. The van der Waals surface area contributed by atoms with Gasteiger partial charge < -0.3 is 13.7 Å². The lowest BCUT2D eigenvalue weighted by molar-refractivity contribution is 0.668. The number of hydrogen-bond acceptors (Lipinski definition) is 3. The molecule has 0 atom stereocenters. The van der Waals surface area contributed by atoms with Gasteiger partial charge in [-0.25, -0.2) is 0 Å². The Labute approximate surface area is 353 Å². The van der Waals surface area contributed by atoms with Crippen LogP contribution in [0.1, 0.15) is 0 Å². The van der Waals surface area contributed by atoms with E-state index in [-0.39, 0.29) is 0 Å². The van der Waals surface area contributed by atoms with Gasteiger partial charge in [-0.3, -0.25) is 0 Å². The van der Waals surface area contributed by atoms with Gasteiger partial charge in [0.2, 0.25) is 0 Å². The molecule has 12 aromatic rings. The van der Waals surface area contributed by atoms with Crippen molar-refractivity contribution < 1.29 is 8.83 Å². The van der Waals surface area contributed by atoms with Crippen LogP contribution in [0, 0.1) is 0 Å². The van der Waals surface area contributed by atoms with Crippen molar-refractivity contribution in [1.29, 1.82) is 0 Å². The highest BCUT2D eigenvalue weighted by molar-refractivity contribution is 6.07. The number of nitrogens with zero attached hydrogens (tertiary/aromatic N) is 1. The number of hydrogen-bond donors (Lipinski definition) is 0. The predicted octanol–water partition coefficient (Wildman–Crippen LogP) is 16.8. The van der Waals surface area contributed by atoms with Gasteiger partial charge in [-0.05, 0) is 128 Å². The third kappa shape index (κ3) is 6.14. The molecular formula is C58H37NO2. The second kappa shape index (κ2) is 14.3. The number of anilines is 3. The van der Waals surface area contributed by atoms with Gasteiger partial charge in [0, 0.05) is 38.6 Å². The maximum absolute atomic E-state index is 6.25. The highest BCUT2D eigenvalue weighted by atomic mass is 16.3. The Kier molecular flexibility index (Phi) is 8.17. The fourth-order valence-corrected chi connectivity index (χ4v) is 9.01. The van der Waals surface area contributed by atoms with Crippen molar-refractivity contribution in [2.75, 3.05) is 4.90 Å². The molecule has 0 aliphatic heterocycles. The number of benzene rings is 10. The Balaban J connectivity index is 0.913. The highest BCUT2D eigenvalue weighted by Gasteiger charge is 2.16. The van der Waals surface area contributed by atoms with Crippen molar-refractivity contribution in [3.8, 4) is 44.5 Å². The number of para-hydroxylation sites is 2. The van der Waals surface area contributed by atoms with E-state index in [1.54, 1.807) is 0 Å². The maximum atomic E-state index is 6.25. The van der Waals surface area contributed by atoms with Crippen LogP contribution in [-0.2, 0) is 0 Å². The molecule has 0 aliphatic rings. The van der Waals surface area contributed by atoms with Gasteiger partial charge >= 0.3 is 0 Å². The average Bonchev–Trinajstić information content (AvgIpc) is 3.90. The molecule has 2 heterocycles. The monoisotopic (exact) mass is 779 g/mol. The summed E-state index contributed by atoms with van der Waals surface area (Å²) < 4.78 is 12.4. The van der Waals surface area contributed by atoms with E-state index in [9.17, 15) is 0 Å². The van der Waals surface area contributed by atoms with E-state index in [0.29, 0.717) is 0 Å². The first-order valence-corrected chi connectivity index (χ1v) is 20.7. The van der Waals surface area contributed by atoms with E-state index in [4.69, 9.17) is 8.83 Å².